The monoisotopic (exact) mass is 473 g/mol. The van der Waals surface area contributed by atoms with Crippen LogP contribution in [0.5, 0.6) is 5.75 Å². The van der Waals surface area contributed by atoms with Crippen LogP contribution in [0.1, 0.15) is 40.5 Å². The molecule has 0 spiro atoms. The Morgan fingerprint density at radius 2 is 1.82 bits per heavy atom. The maximum Gasteiger partial charge on any atom is 0.306 e. The highest BCUT2D eigenvalue weighted by Crippen LogP contribution is 2.35. The molecule has 6 nitrogen and oxygen atoms in total. The minimum atomic E-state index is -1.68. The maximum absolute atomic E-state index is 13.9. The number of hydrogen-bond donors (Lipinski definition) is 1. The fraction of sp³-hybridized carbons (Fsp3) is 0.280. The molecule has 0 bridgehead atoms. The third kappa shape index (κ3) is 4.84. The van der Waals surface area contributed by atoms with Crippen molar-refractivity contribution in [3.63, 3.8) is 0 Å². The van der Waals surface area contributed by atoms with Gasteiger partial charge in [-0.15, -0.1) is 0 Å². The maximum atomic E-state index is 13.9. The molecule has 1 aromatic heterocycles. The fourth-order valence-electron chi connectivity index (χ4n) is 4.17. The Morgan fingerprint density at radius 3 is 2.50 bits per heavy atom. The number of methoxy groups -OCH3 is 1. The van der Waals surface area contributed by atoms with Crippen LogP contribution < -0.4 is 5.43 Å². The van der Waals surface area contributed by atoms with E-state index in [1.54, 1.807) is 0 Å². The molecular weight excluding hydrogens is 451 g/mol. The van der Waals surface area contributed by atoms with E-state index in [1.165, 1.54) is 5.56 Å². The van der Waals surface area contributed by atoms with E-state index in [4.69, 9.17) is 4.42 Å². The molecule has 2 heterocycles. The van der Waals surface area contributed by atoms with Crippen LogP contribution in [0.15, 0.2) is 51.7 Å². The Hall–Kier alpha value is -3.59. The number of halogens is 3. The molecule has 1 aliphatic rings. The van der Waals surface area contributed by atoms with Crippen LogP contribution in [-0.2, 0) is 29.0 Å². The molecule has 0 saturated heterocycles. The van der Waals surface area contributed by atoms with Gasteiger partial charge in [0, 0.05) is 19.2 Å². The molecular formula is C25H22F3NO5. The van der Waals surface area contributed by atoms with Crippen LogP contribution in [0, 0.1) is 17.5 Å². The molecule has 0 aliphatic carbocycles. The van der Waals surface area contributed by atoms with Crippen molar-refractivity contribution in [2.24, 2.45) is 0 Å². The summed E-state index contributed by atoms with van der Waals surface area (Å²) < 4.78 is 51.8. The molecule has 9 heteroatoms. The zero-order chi connectivity index (χ0) is 24.4. The molecule has 1 unspecified atom stereocenters. The SMILES string of the molecule is COC(=O)CC(c1cc(F)c(F)c(F)c1)c1oc(CN2CCc3ccccc3C2)cc(=O)c1O. The quantitative estimate of drug-likeness (QED) is 0.431. The van der Waals surface area contributed by atoms with E-state index in [1.807, 2.05) is 23.1 Å². The van der Waals surface area contributed by atoms with Crippen LogP contribution >= 0.6 is 0 Å². The number of ether oxygens (including phenoxy) is 1. The van der Waals surface area contributed by atoms with Crippen molar-refractivity contribution in [3.8, 4) is 5.75 Å². The molecule has 0 amide bonds. The van der Waals surface area contributed by atoms with Crippen LogP contribution in [-0.4, -0.2) is 29.6 Å². The fourth-order valence-corrected chi connectivity index (χ4v) is 4.17. The van der Waals surface area contributed by atoms with Crippen LogP contribution in [0.25, 0.3) is 0 Å². The van der Waals surface area contributed by atoms with Crippen LogP contribution in [0.2, 0.25) is 0 Å². The van der Waals surface area contributed by atoms with Gasteiger partial charge in [-0.3, -0.25) is 14.5 Å². The minimum Gasteiger partial charge on any atom is -0.502 e. The third-order valence-electron chi connectivity index (χ3n) is 5.91. The molecule has 1 N–H and O–H groups in total. The summed E-state index contributed by atoms with van der Waals surface area (Å²) in [6.45, 7) is 1.56. The van der Waals surface area contributed by atoms with Crippen molar-refractivity contribution >= 4 is 5.97 Å². The summed E-state index contributed by atoms with van der Waals surface area (Å²) in [4.78, 5) is 26.6. The number of nitrogens with zero attached hydrogens (tertiary/aromatic N) is 1. The highest BCUT2D eigenvalue weighted by molar-refractivity contribution is 5.71. The Kier molecular flexibility index (Phi) is 6.74. The smallest absolute Gasteiger partial charge is 0.306 e. The average Bonchev–Trinajstić information content (AvgIpc) is 2.82. The molecule has 3 aromatic rings. The number of esters is 1. The summed E-state index contributed by atoms with van der Waals surface area (Å²) in [6, 6.07) is 10.5. The number of benzene rings is 2. The Balaban J connectivity index is 1.71. The average molecular weight is 473 g/mol. The number of rotatable bonds is 6. The normalized spacial score (nSPS) is 14.5. The molecule has 1 aliphatic heterocycles. The number of carbonyl (C=O) groups excluding carboxylic acids is 1. The number of carbonyl (C=O) groups is 1. The molecule has 1 atom stereocenters. The van der Waals surface area contributed by atoms with E-state index in [9.17, 15) is 27.9 Å². The molecule has 0 radical (unpaired) electrons. The van der Waals surface area contributed by atoms with Gasteiger partial charge in [-0.2, -0.15) is 0 Å². The highest BCUT2D eigenvalue weighted by Gasteiger charge is 2.29. The van der Waals surface area contributed by atoms with Gasteiger partial charge in [-0.25, -0.2) is 13.2 Å². The summed E-state index contributed by atoms with van der Waals surface area (Å²) in [5.74, 6) is -7.64. The summed E-state index contributed by atoms with van der Waals surface area (Å²) in [5, 5.41) is 10.4. The molecule has 34 heavy (non-hydrogen) atoms. The van der Waals surface area contributed by atoms with E-state index >= 15 is 0 Å². The predicted octanol–water partition coefficient (Wildman–Crippen LogP) is 4.02. The lowest BCUT2D eigenvalue weighted by molar-refractivity contribution is -0.140. The van der Waals surface area contributed by atoms with Crippen molar-refractivity contribution in [1.82, 2.24) is 4.90 Å². The third-order valence-corrected chi connectivity index (χ3v) is 5.91. The first kappa shape index (κ1) is 23.6. The van der Waals surface area contributed by atoms with Crippen molar-refractivity contribution in [1.29, 1.82) is 0 Å². The van der Waals surface area contributed by atoms with Gasteiger partial charge in [-0.1, -0.05) is 24.3 Å². The van der Waals surface area contributed by atoms with Gasteiger partial charge in [0.15, 0.2) is 23.2 Å². The lowest BCUT2D eigenvalue weighted by Gasteiger charge is -2.28. The lowest BCUT2D eigenvalue weighted by Crippen LogP contribution is -2.30. The zero-order valence-corrected chi connectivity index (χ0v) is 18.3. The first-order valence-corrected chi connectivity index (χ1v) is 10.6. The van der Waals surface area contributed by atoms with Crippen LogP contribution in [0.3, 0.4) is 0 Å². The Labute approximate surface area is 193 Å². The number of aromatic hydroxyl groups is 1. The minimum absolute atomic E-state index is 0.190. The molecule has 0 fully saturated rings. The van der Waals surface area contributed by atoms with Crippen molar-refractivity contribution in [2.45, 2.75) is 31.8 Å². The molecule has 4 rings (SSSR count). The molecule has 178 valence electrons. The first-order valence-electron chi connectivity index (χ1n) is 10.6. The van der Waals surface area contributed by atoms with E-state index in [-0.39, 0.29) is 23.6 Å². The van der Waals surface area contributed by atoms with E-state index in [0.29, 0.717) is 25.2 Å². The summed E-state index contributed by atoms with van der Waals surface area (Å²) >= 11 is 0. The number of fused-ring (bicyclic) bond motifs is 1. The van der Waals surface area contributed by atoms with Gasteiger partial charge in [0.1, 0.15) is 5.76 Å². The zero-order valence-electron chi connectivity index (χ0n) is 18.3. The standard InChI is InChI=1S/C25H22F3NO5/c1-33-22(31)11-18(16-8-19(26)23(28)20(27)9-16)25-24(32)21(30)10-17(34-25)13-29-7-6-14-4-2-3-5-15(14)12-29/h2-5,8-10,18,32H,6-7,11-13H2,1H3. The second-order valence-electron chi connectivity index (χ2n) is 8.15. The van der Waals surface area contributed by atoms with Gasteiger partial charge in [0.2, 0.25) is 11.2 Å². The van der Waals surface area contributed by atoms with E-state index in [0.717, 1.165) is 25.2 Å². The van der Waals surface area contributed by atoms with Crippen molar-refractivity contribution < 1.29 is 32.2 Å². The van der Waals surface area contributed by atoms with Crippen molar-refractivity contribution in [3.05, 3.63) is 98.4 Å². The largest absolute Gasteiger partial charge is 0.502 e. The van der Waals surface area contributed by atoms with Gasteiger partial charge >= 0.3 is 5.97 Å². The topological polar surface area (TPSA) is 80.0 Å². The van der Waals surface area contributed by atoms with Gasteiger partial charge < -0.3 is 14.3 Å². The van der Waals surface area contributed by atoms with E-state index < -0.39 is 46.9 Å². The van der Waals surface area contributed by atoms with Gasteiger partial charge in [0.05, 0.1) is 26.0 Å². The van der Waals surface area contributed by atoms with Gasteiger partial charge in [-0.05, 0) is 35.2 Å². The molecule has 2 aromatic carbocycles. The van der Waals surface area contributed by atoms with E-state index in [2.05, 4.69) is 10.8 Å². The predicted molar refractivity (Wildman–Crippen MR) is 116 cm³/mol. The summed E-state index contributed by atoms with van der Waals surface area (Å²) in [5.41, 5.74) is 1.43. The van der Waals surface area contributed by atoms with Crippen molar-refractivity contribution in [2.75, 3.05) is 13.7 Å². The second kappa shape index (κ2) is 9.72. The first-order chi connectivity index (χ1) is 16.3. The molecule has 0 saturated carbocycles. The highest BCUT2D eigenvalue weighted by atomic mass is 19.2. The second-order valence-corrected chi connectivity index (χ2v) is 8.15. The summed E-state index contributed by atoms with van der Waals surface area (Å²) in [6.07, 6.45) is 0.308. The summed E-state index contributed by atoms with van der Waals surface area (Å²) in [7, 11) is 1.12. The Bertz CT molecular complexity index is 1270. The van der Waals surface area contributed by atoms with Crippen LogP contribution in [0.4, 0.5) is 13.2 Å². The Morgan fingerprint density at radius 1 is 1.15 bits per heavy atom. The van der Waals surface area contributed by atoms with Gasteiger partial charge in [0.25, 0.3) is 0 Å². The lowest BCUT2D eigenvalue weighted by atomic mass is 9.92. The number of hydrogen-bond acceptors (Lipinski definition) is 6.